The summed E-state index contributed by atoms with van der Waals surface area (Å²) in [6.07, 6.45) is 3.07. The molecular weight excluding hydrogens is 358 g/mol. The van der Waals surface area contributed by atoms with Crippen molar-refractivity contribution in [1.29, 1.82) is 0 Å². The number of carbonyl (C=O) groups excluding carboxylic acids is 1. The summed E-state index contributed by atoms with van der Waals surface area (Å²) in [6.45, 7) is 1.88. The number of alkyl halides is 2. The molecule has 1 unspecified atom stereocenters. The number of carbonyl (C=O) groups is 1. The van der Waals surface area contributed by atoms with Crippen LogP contribution in [-0.2, 0) is 0 Å². The number of benzene rings is 2. The van der Waals surface area contributed by atoms with Gasteiger partial charge in [0.05, 0.1) is 11.7 Å². The Balaban J connectivity index is 1.63. The molecule has 0 radical (unpaired) electrons. The van der Waals surface area contributed by atoms with E-state index in [2.05, 4.69) is 15.4 Å². The number of nitrogens with zero attached hydrogens (tertiary/aromatic N) is 3. The Labute approximate surface area is 153 Å². The van der Waals surface area contributed by atoms with Gasteiger partial charge in [0.25, 0.3) is 11.7 Å². The number of amides is 1. The highest BCUT2D eigenvalue weighted by Crippen LogP contribution is 2.25. The summed E-state index contributed by atoms with van der Waals surface area (Å²) in [6, 6.07) is 13.5. The summed E-state index contributed by atoms with van der Waals surface area (Å²) >= 11 is 0.453. The third kappa shape index (κ3) is 4.45. The molecule has 0 saturated heterocycles. The number of nitrogens with one attached hydrogen (secondary N) is 1. The van der Waals surface area contributed by atoms with Crippen molar-refractivity contribution in [2.24, 2.45) is 0 Å². The van der Waals surface area contributed by atoms with Gasteiger partial charge in [0, 0.05) is 10.5 Å². The van der Waals surface area contributed by atoms with Gasteiger partial charge in [-0.3, -0.25) is 4.79 Å². The van der Waals surface area contributed by atoms with Crippen LogP contribution in [0.5, 0.6) is 0 Å². The van der Waals surface area contributed by atoms with E-state index in [1.807, 2.05) is 31.2 Å². The lowest BCUT2D eigenvalue weighted by molar-refractivity contribution is 0.0940. The SMILES string of the molecule is CC(NC(=O)c1ccc(SC(F)F)cc1)c1ccc(-n2cncn2)cc1. The lowest BCUT2D eigenvalue weighted by atomic mass is 10.1. The lowest BCUT2D eigenvalue weighted by Crippen LogP contribution is -2.26. The van der Waals surface area contributed by atoms with Crippen molar-refractivity contribution in [3.05, 3.63) is 72.3 Å². The summed E-state index contributed by atoms with van der Waals surface area (Å²) in [5, 5.41) is 6.96. The molecule has 1 aromatic heterocycles. The Bertz CT molecular complexity index is 852. The van der Waals surface area contributed by atoms with E-state index in [4.69, 9.17) is 0 Å². The molecule has 0 aliphatic rings. The van der Waals surface area contributed by atoms with Gasteiger partial charge in [-0.25, -0.2) is 9.67 Å². The fourth-order valence-corrected chi connectivity index (χ4v) is 2.91. The quantitative estimate of drug-likeness (QED) is 0.661. The molecule has 134 valence electrons. The first-order chi connectivity index (χ1) is 12.5. The van der Waals surface area contributed by atoms with Crippen LogP contribution >= 0.6 is 11.8 Å². The van der Waals surface area contributed by atoms with Crippen LogP contribution in [-0.4, -0.2) is 26.4 Å². The van der Waals surface area contributed by atoms with Gasteiger partial charge in [-0.05, 0) is 48.9 Å². The highest BCUT2D eigenvalue weighted by Gasteiger charge is 2.12. The second kappa shape index (κ2) is 8.09. The number of thioether (sulfide) groups is 1. The summed E-state index contributed by atoms with van der Waals surface area (Å²) in [5.41, 5.74) is 2.23. The first kappa shape index (κ1) is 18.1. The normalized spacial score (nSPS) is 12.2. The average Bonchev–Trinajstić information content (AvgIpc) is 3.16. The van der Waals surface area contributed by atoms with Crippen LogP contribution in [0.2, 0.25) is 0 Å². The maximum absolute atomic E-state index is 12.3. The van der Waals surface area contributed by atoms with Crippen molar-refractivity contribution in [2.75, 3.05) is 0 Å². The molecule has 3 rings (SSSR count). The standard InChI is InChI=1S/C18H16F2N4OS/c1-12(13-2-6-15(7-3-13)24-11-21-10-22-24)23-17(25)14-4-8-16(9-5-14)26-18(19)20/h2-12,18H,1H3,(H,23,25). The molecule has 0 aliphatic heterocycles. The van der Waals surface area contributed by atoms with Crippen LogP contribution < -0.4 is 5.32 Å². The highest BCUT2D eigenvalue weighted by molar-refractivity contribution is 7.99. The number of hydrogen-bond donors (Lipinski definition) is 1. The second-order valence-corrected chi connectivity index (χ2v) is 6.59. The van der Waals surface area contributed by atoms with Crippen LogP contribution in [0.25, 0.3) is 5.69 Å². The van der Waals surface area contributed by atoms with Gasteiger partial charge in [0.1, 0.15) is 12.7 Å². The van der Waals surface area contributed by atoms with Gasteiger partial charge >= 0.3 is 0 Å². The fourth-order valence-electron chi connectivity index (χ4n) is 2.41. The zero-order valence-corrected chi connectivity index (χ0v) is 14.7. The number of aromatic nitrogens is 3. The fraction of sp³-hybridized carbons (Fsp3) is 0.167. The Kier molecular flexibility index (Phi) is 5.62. The van der Waals surface area contributed by atoms with Crippen molar-refractivity contribution >= 4 is 17.7 Å². The Morgan fingerprint density at radius 2 is 1.81 bits per heavy atom. The first-order valence-corrected chi connectivity index (χ1v) is 8.71. The van der Waals surface area contributed by atoms with Gasteiger partial charge in [-0.1, -0.05) is 23.9 Å². The monoisotopic (exact) mass is 374 g/mol. The van der Waals surface area contributed by atoms with Gasteiger partial charge in [0.2, 0.25) is 0 Å². The summed E-state index contributed by atoms with van der Waals surface area (Å²) < 4.78 is 26.3. The molecule has 3 aromatic rings. The summed E-state index contributed by atoms with van der Waals surface area (Å²) in [4.78, 5) is 16.7. The number of halogens is 2. The van der Waals surface area contributed by atoms with Crippen molar-refractivity contribution < 1.29 is 13.6 Å². The van der Waals surface area contributed by atoms with Gasteiger partial charge in [-0.2, -0.15) is 13.9 Å². The van der Waals surface area contributed by atoms with Crippen LogP contribution in [0.1, 0.15) is 28.9 Å². The van der Waals surface area contributed by atoms with E-state index in [0.717, 1.165) is 11.3 Å². The smallest absolute Gasteiger partial charge is 0.288 e. The molecule has 8 heteroatoms. The number of rotatable bonds is 6. The highest BCUT2D eigenvalue weighted by atomic mass is 32.2. The molecule has 1 heterocycles. The average molecular weight is 374 g/mol. The van der Waals surface area contributed by atoms with E-state index in [1.165, 1.54) is 18.5 Å². The predicted octanol–water partition coefficient (Wildman–Crippen LogP) is 4.07. The lowest BCUT2D eigenvalue weighted by Gasteiger charge is -2.15. The minimum Gasteiger partial charge on any atom is -0.346 e. The minimum absolute atomic E-state index is 0.206. The summed E-state index contributed by atoms with van der Waals surface area (Å²) in [5.74, 6) is -2.73. The molecule has 1 N–H and O–H groups in total. The summed E-state index contributed by atoms with van der Waals surface area (Å²) in [7, 11) is 0. The Hall–Kier alpha value is -2.74. The molecule has 0 bridgehead atoms. The number of hydrogen-bond acceptors (Lipinski definition) is 4. The van der Waals surface area contributed by atoms with E-state index in [-0.39, 0.29) is 11.9 Å². The van der Waals surface area contributed by atoms with Crippen molar-refractivity contribution in [3.8, 4) is 5.69 Å². The third-order valence-electron chi connectivity index (χ3n) is 3.77. The van der Waals surface area contributed by atoms with E-state index in [1.54, 1.807) is 23.1 Å². The zero-order chi connectivity index (χ0) is 18.5. The van der Waals surface area contributed by atoms with E-state index < -0.39 is 5.76 Å². The van der Waals surface area contributed by atoms with Crippen molar-refractivity contribution in [3.63, 3.8) is 0 Å². The predicted molar refractivity (Wildman–Crippen MR) is 95.5 cm³/mol. The molecule has 2 aromatic carbocycles. The Morgan fingerprint density at radius 1 is 1.12 bits per heavy atom. The van der Waals surface area contributed by atoms with E-state index in [0.29, 0.717) is 22.2 Å². The van der Waals surface area contributed by atoms with E-state index >= 15 is 0 Å². The molecule has 5 nitrogen and oxygen atoms in total. The van der Waals surface area contributed by atoms with Gasteiger partial charge < -0.3 is 5.32 Å². The molecule has 0 saturated carbocycles. The minimum atomic E-state index is -2.48. The maximum atomic E-state index is 12.3. The third-order valence-corrected chi connectivity index (χ3v) is 4.49. The van der Waals surface area contributed by atoms with Crippen LogP contribution in [0, 0.1) is 0 Å². The van der Waals surface area contributed by atoms with E-state index in [9.17, 15) is 13.6 Å². The molecular formula is C18H16F2N4OS. The molecule has 1 atom stereocenters. The van der Waals surface area contributed by atoms with Gasteiger partial charge in [-0.15, -0.1) is 0 Å². The largest absolute Gasteiger partial charge is 0.346 e. The van der Waals surface area contributed by atoms with Crippen molar-refractivity contribution in [2.45, 2.75) is 23.6 Å². The second-order valence-electron chi connectivity index (χ2n) is 5.53. The Morgan fingerprint density at radius 3 is 2.38 bits per heavy atom. The molecule has 0 spiro atoms. The molecule has 0 aliphatic carbocycles. The molecule has 0 fully saturated rings. The van der Waals surface area contributed by atoms with Crippen LogP contribution in [0.15, 0.2) is 66.1 Å². The molecule has 26 heavy (non-hydrogen) atoms. The van der Waals surface area contributed by atoms with Gasteiger partial charge in [0.15, 0.2) is 0 Å². The van der Waals surface area contributed by atoms with Crippen LogP contribution in [0.3, 0.4) is 0 Å². The first-order valence-electron chi connectivity index (χ1n) is 7.83. The van der Waals surface area contributed by atoms with Crippen LogP contribution in [0.4, 0.5) is 8.78 Å². The topological polar surface area (TPSA) is 59.8 Å². The molecule has 1 amide bonds. The zero-order valence-electron chi connectivity index (χ0n) is 13.8. The van der Waals surface area contributed by atoms with Crippen molar-refractivity contribution in [1.82, 2.24) is 20.1 Å². The maximum Gasteiger partial charge on any atom is 0.288 e.